The summed E-state index contributed by atoms with van der Waals surface area (Å²) in [6.07, 6.45) is 7.45. The molecule has 3 heteroatoms. The van der Waals surface area contributed by atoms with E-state index in [1.807, 2.05) is 0 Å². The van der Waals surface area contributed by atoms with Crippen molar-refractivity contribution in [3.63, 3.8) is 0 Å². The van der Waals surface area contributed by atoms with Crippen LogP contribution in [0.15, 0.2) is 36.4 Å². The number of nitrogens with zero attached hydrogens (tertiary/aromatic N) is 1. The minimum atomic E-state index is 0.118. The predicted octanol–water partition coefficient (Wildman–Crippen LogP) is 4.61. The smallest absolute Gasteiger partial charge is 0.252 e. The Bertz CT molecular complexity index is 918. The van der Waals surface area contributed by atoms with Crippen LogP contribution < -0.4 is 5.32 Å². The quantitative estimate of drug-likeness (QED) is 0.867. The molecule has 3 aliphatic rings. The summed E-state index contributed by atoms with van der Waals surface area (Å²) in [5.41, 5.74) is 4.32. The van der Waals surface area contributed by atoms with E-state index >= 15 is 0 Å². The van der Waals surface area contributed by atoms with Gasteiger partial charge >= 0.3 is 0 Å². The Balaban J connectivity index is 1.44. The SMILES string of the molecule is CC1=C(C(=O)NC2CCCCC2N2CCCC2)c2cccc3cccc1c23. The lowest BCUT2D eigenvalue weighted by molar-refractivity contribution is -0.117. The van der Waals surface area contributed by atoms with Crippen LogP contribution in [-0.4, -0.2) is 36.0 Å². The molecule has 1 heterocycles. The van der Waals surface area contributed by atoms with Gasteiger partial charge in [-0.1, -0.05) is 49.2 Å². The van der Waals surface area contributed by atoms with Crippen molar-refractivity contribution in [3.8, 4) is 0 Å². The number of carbonyl (C=O) groups excluding carboxylic acids is 1. The first-order chi connectivity index (χ1) is 13.2. The van der Waals surface area contributed by atoms with E-state index in [1.165, 1.54) is 61.5 Å². The maximum Gasteiger partial charge on any atom is 0.252 e. The van der Waals surface area contributed by atoms with E-state index in [4.69, 9.17) is 0 Å². The Labute approximate surface area is 161 Å². The monoisotopic (exact) mass is 360 g/mol. The second-order valence-corrected chi connectivity index (χ2v) is 8.38. The molecule has 1 N–H and O–H groups in total. The van der Waals surface area contributed by atoms with Crippen molar-refractivity contribution in [1.82, 2.24) is 10.2 Å². The molecule has 0 bridgehead atoms. The third-order valence-electron chi connectivity index (χ3n) is 6.84. The van der Waals surface area contributed by atoms with Crippen LogP contribution in [0.3, 0.4) is 0 Å². The van der Waals surface area contributed by atoms with Crippen LogP contribution in [0.4, 0.5) is 0 Å². The van der Waals surface area contributed by atoms with Crippen LogP contribution in [0, 0.1) is 0 Å². The first-order valence-electron chi connectivity index (χ1n) is 10.5. The first-order valence-corrected chi connectivity index (χ1v) is 10.5. The number of hydrogen-bond acceptors (Lipinski definition) is 2. The Morgan fingerprint density at radius 1 is 0.963 bits per heavy atom. The molecule has 1 amide bonds. The van der Waals surface area contributed by atoms with Crippen molar-refractivity contribution in [1.29, 1.82) is 0 Å². The fourth-order valence-corrected chi connectivity index (χ4v) is 5.52. The number of carbonyl (C=O) groups is 1. The van der Waals surface area contributed by atoms with Crippen molar-refractivity contribution in [3.05, 3.63) is 47.5 Å². The molecule has 2 unspecified atom stereocenters. The first kappa shape index (κ1) is 17.0. The normalized spacial score (nSPS) is 25.4. The number of nitrogens with one attached hydrogen (secondary N) is 1. The number of hydrogen-bond donors (Lipinski definition) is 1. The molecule has 2 fully saturated rings. The molecule has 1 saturated carbocycles. The summed E-state index contributed by atoms with van der Waals surface area (Å²) >= 11 is 0. The standard InChI is InChI=1S/C24H28N2O/c1-16-18-10-6-8-17-9-7-11-19(23(17)18)22(16)24(27)25-20-12-2-3-13-21(20)26-14-4-5-15-26/h6-11,20-21H,2-5,12-15H2,1H3,(H,25,27). The number of likely N-dealkylation sites (tertiary alicyclic amines) is 1. The van der Waals surface area contributed by atoms with Crippen LogP contribution in [0.1, 0.15) is 56.6 Å². The lowest BCUT2D eigenvalue weighted by Gasteiger charge is -2.38. The number of benzene rings is 2. The summed E-state index contributed by atoms with van der Waals surface area (Å²) in [6, 6.07) is 13.5. The van der Waals surface area contributed by atoms with Crippen molar-refractivity contribution < 1.29 is 4.79 Å². The summed E-state index contributed by atoms with van der Waals surface area (Å²) in [7, 11) is 0. The maximum atomic E-state index is 13.4. The van der Waals surface area contributed by atoms with Crippen molar-refractivity contribution >= 4 is 27.8 Å². The van der Waals surface area contributed by atoms with Gasteiger partial charge in [-0.25, -0.2) is 0 Å². The van der Waals surface area contributed by atoms with E-state index in [-0.39, 0.29) is 11.9 Å². The second-order valence-electron chi connectivity index (χ2n) is 8.38. The highest BCUT2D eigenvalue weighted by molar-refractivity contribution is 6.34. The van der Waals surface area contributed by atoms with Gasteiger partial charge in [0.1, 0.15) is 0 Å². The molecular formula is C24H28N2O. The highest BCUT2D eigenvalue weighted by atomic mass is 16.1. The lowest BCUT2D eigenvalue weighted by Crippen LogP contribution is -2.52. The Hall–Kier alpha value is -2.13. The summed E-state index contributed by atoms with van der Waals surface area (Å²) < 4.78 is 0. The van der Waals surface area contributed by atoms with Gasteiger partial charge < -0.3 is 5.32 Å². The average molecular weight is 361 g/mol. The topological polar surface area (TPSA) is 32.3 Å². The summed E-state index contributed by atoms with van der Waals surface area (Å²) in [6.45, 7) is 4.50. The molecule has 5 rings (SSSR count). The molecule has 3 nitrogen and oxygen atoms in total. The minimum absolute atomic E-state index is 0.118. The molecule has 2 aromatic rings. The predicted molar refractivity (Wildman–Crippen MR) is 111 cm³/mol. The van der Waals surface area contributed by atoms with Crippen molar-refractivity contribution in [2.75, 3.05) is 13.1 Å². The molecule has 1 saturated heterocycles. The number of amides is 1. The molecule has 27 heavy (non-hydrogen) atoms. The van der Waals surface area contributed by atoms with Crippen LogP contribution in [0.25, 0.3) is 21.9 Å². The third kappa shape index (κ3) is 2.80. The molecule has 2 aromatic carbocycles. The molecular weight excluding hydrogens is 332 g/mol. The lowest BCUT2D eigenvalue weighted by atomic mass is 9.88. The van der Waals surface area contributed by atoms with E-state index in [1.54, 1.807) is 0 Å². The largest absolute Gasteiger partial charge is 0.348 e. The molecule has 2 atom stereocenters. The molecule has 1 aliphatic heterocycles. The Kier molecular flexibility index (Phi) is 4.28. The fraction of sp³-hybridized carbons (Fsp3) is 0.458. The van der Waals surface area contributed by atoms with Gasteiger partial charge in [0.15, 0.2) is 0 Å². The van der Waals surface area contributed by atoms with Crippen molar-refractivity contribution in [2.45, 2.75) is 57.5 Å². The maximum absolute atomic E-state index is 13.4. The van der Waals surface area contributed by atoms with Gasteiger partial charge in [0, 0.05) is 12.1 Å². The van der Waals surface area contributed by atoms with Gasteiger partial charge in [0.2, 0.25) is 0 Å². The average Bonchev–Trinajstić information content (AvgIpc) is 3.31. The van der Waals surface area contributed by atoms with Crippen LogP contribution in [0.2, 0.25) is 0 Å². The zero-order valence-electron chi connectivity index (χ0n) is 16.1. The third-order valence-corrected chi connectivity index (χ3v) is 6.84. The van der Waals surface area contributed by atoms with E-state index < -0.39 is 0 Å². The minimum Gasteiger partial charge on any atom is -0.348 e. The van der Waals surface area contributed by atoms with Gasteiger partial charge in [-0.2, -0.15) is 0 Å². The molecule has 0 radical (unpaired) electrons. The molecule has 2 aliphatic carbocycles. The molecule has 0 spiro atoms. The van der Waals surface area contributed by atoms with Crippen LogP contribution >= 0.6 is 0 Å². The zero-order chi connectivity index (χ0) is 18.4. The summed E-state index contributed by atoms with van der Waals surface area (Å²) in [5.74, 6) is 0.118. The van der Waals surface area contributed by atoms with E-state index in [9.17, 15) is 4.79 Å². The van der Waals surface area contributed by atoms with Gasteiger partial charge in [-0.3, -0.25) is 9.69 Å². The van der Waals surface area contributed by atoms with Gasteiger partial charge in [-0.05, 0) is 73.2 Å². The number of rotatable bonds is 3. The summed E-state index contributed by atoms with van der Waals surface area (Å²) in [5, 5.41) is 5.92. The summed E-state index contributed by atoms with van der Waals surface area (Å²) in [4.78, 5) is 16.0. The Morgan fingerprint density at radius 3 is 2.44 bits per heavy atom. The van der Waals surface area contributed by atoms with E-state index in [0.29, 0.717) is 6.04 Å². The van der Waals surface area contributed by atoms with Gasteiger partial charge in [0.25, 0.3) is 5.91 Å². The highest BCUT2D eigenvalue weighted by Crippen LogP contribution is 2.42. The second kappa shape index (κ2) is 6.79. The van der Waals surface area contributed by atoms with Crippen LogP contribution in [0.5, 0.6) is 0 Å². The zero-order valence-corrected chi connectivity index (χ0v) is 16.1. The van der Waals surface area contributed by atoms with Crippen LogP contribution in [-0.2, 0) is 4.79 Å². The fourth-order valence-electron chi connectivity index (χ4n) is 5.52. The Morgan fingerprint density at radius 2 is 1.67 bits per heavy atom. The van der Waals surface area contributed by atoms with E-state index in [2.05, 4.69) is 53.5 Å². The van der Waals surface area contributed by atoms with Gasteiger partial charge in [-0.15, -0.1) is 0 Å². The van der Waals surface area contributed by atoms with Crippen molar-refractivity contribution in [2.24, 2.45) is 0 Å². The highest BCUT2D eigenvalue weighted by Gasteiger charge is 2.34. The van der Waals surface area contributed by atoms with E-state index in [0.717, 1.165) is 23.1 Å². The molecule has 140 valence electrons. The number of allylic oxidation sites excluding steroid dienone is 1. The molecule has 0 aromatic heterocycles. The van der Waals surface area contributed by atoms with Gasteiger partial charge in [0.05, 0.1) is 5.57 Å².